The number of imide groups is 1. The van der Waals surface area contributed by atoms with Crippen molar-refractivity contribution in [1.82, 2.24) is 24.3 Å². The Morgan fingerprint density at radius 3 is 2.67 bits per heavy atom. The SMILES string of the molecule is C=C(/C=C\C=C(/C)Cl)[C@H]1C[C@@H]1C(=O)Nc1cc(N2C[C@@H](O)C[C@@H]2c2cn3cc(C4CC4)cc(N4CC(=O)N(C)C4=O)c3n2)ncn1. The van der Waals surface area contributed by atoms with Crippen LogP contribution in [0.2, 0.25) is 0 Å². The number of aromatic nitrogens is 4. The van der Waals surface area contributed by atoms with Crippen LogP contribution in [-0.4, -0.2) is 73.4 Å². The van der Waals surface area contributed by atoms with Crippen molar-refractivity contribution in [2.24, 2.45) is 11.8 Å². The van der Waals surface area contributed by atoms with Crippen LogP contribution in [0.1, 0.15) is 55.8 Å². The molecule has 3 aromatic rings. The number of hydrogen-bond donors (Lipinski definition) is 2. The van der Waals surface area contributed by atoms with Crippen molar-refractivity contribution in [3.63, 3.8) is 0 Å². The second-order valence-electron chi connectivity index (χ2n) is 12.6. The minimum atomic E-state index is -0.625. The van der Waals surface area contributed by atoms with Gasteiger partial charge in [0.05, 0.1) is 23.5 Å². The van der Waals surface area contributed by atoms with Crippen molar-refractivity contribution < 1.29 is 19.5 Å². The lowest BCUT2D eigenvalue weighted by molar-refractivity contribution is -0.124. The van der Waals surface area contributed by atoms with Gasteiger partial charge in [0, 0.05) is 49.4 Å². The van der Waals surface area contributed by atoms with E-state index >= 15 is 0 Å². The summed E-state index contributed by atoms with van der Waals surface area (Å²) >= 11 is 5.88. The van der Waals surface area contributed by atoms with Gasteiger partial charge in [-0.2, -0.15) is 0 Å². The summed E-state index contributed by atoms with van der Waals surface area (Å²) in [4.78, 5) is 56.7. The Morgan fingerprint density at radius 2 is 1.96 bits per heavy atom. The lowest BCUT2D eigenvalue weighted by Crippen LogP contribution is -2.30. The van der Waals surface area contributed by atoms with Gasteiger partial charge in [0.15, 0.2) is 5.65 Å². The van der Waals surface area contributed by atoms with Crippen LogP contribution in [-0.2, 0) is 9.59 Å². The number of β-amino-alcohol motifs (C(OH)–C–C–N with tert-alkyl or cyclic N) is 1. The molecule has 5 heterocycles. The molecular weight excluding hydrogens is 608 g/mol. The number of allylic oxidation sites excluding steroid dienone is 5. The third-order valence-corrected chi connectivity index (χ3v) is 9.28. The topological polar surface area (TPSA) is 136 Å². The molecule has 2 aliphatic heterocycles. The summed E-state index contributed by atoms with van der Waals surface area (Å²) in [5.74, 6) is 0.807. The van der Waals surface area contributed by atoms with E-state index in [1.807, 2.05) is 39.9 Å². The van der Waals surface area contributed by atoms with Crippen molar-refractivity contribution in [2.45, 2.75) is 50.7 Å². The fourth-order valence-electron chi connectivity index (χ4n) is 6.37. The number of nitrogens with zero attached hydrogens (tertiary/aromatic N) is 7. The van der Waals surface area contributed by atoms with Gasteiger partial charge in [-0.25, -0.2) is 19.7 Å². The predicted molar refractivity (Wildman–Crippen MR) is 174 cm³/mol. The number of rotatable bonds is 9. The van der Waals surface area contributed by atoms with E-state index in [1.54, 1.807) is 19.1 Å². The molecule has 46 heavy (non-hydrogen) atoms. The van der Waals surface area contributed by atoms with E-state index in [9.17, 15) is 19.5 Å². The van der Waals surface area contributed by atoms with Crippen molar-refractivity contribution in [3.05, 3.63) is 77.5 Å². The van der Waals surface area contributed by atoms with Crippen LogP contribution in [0.5, 0.6) is 0 Å². The smallest absolute Gasteiger partial charge is 0.331 e. The first-order chi connectivity index (χ1) is 22.1. The number of carbonyl (C=O) groups is 3. The maximum absolute atomic E-state index is 13.0. The van der Waals surface area contributed by atoms with E-state index in [0.29, 0.717) is 59.0 Å². The molecule has 7 rings (SSSR count). The number of aliphatic hydroxyl groups is 1. The van der Waals surface area contributed by atoms with Crippen LogP contribution in [0.3, 0.4) is 0 Å². The Labute approximate surface area is 271 Å². The molecule has 13 heteroatoms. The highest BCUT2D eigenvalue weighted by molar-refractivity contribution is 6.29. The van der Waals surface area contributed by atoms with Crippen molar-refractivity contribution in [2.75, 3.05) is 35.3 Å². The van der Waals surface area contributed by atoms with E-state index < -0.39 is 6.10 Å². The highest BCUT2D eigenvalue weighted by atomic mass is 35.5. The van der Waals surface area contributed by atoms with Gasteiger partial charge >= 0.3 is 6.03 Å². The van der Waals surface area contributed by atoms with Crippen LogP contribution in [0, 0.1) is 11.8 Å². The number of amides is 4. The minimum absolute atomic E-state index is 0.0392. The normalized spacial score (nSPS) is 25.0. The van der Waals surface area contributed by atoms with E-state index in [2.05, 4.69) is 21.9 Å². The number of imidazole rings is 1. The van der Waals surface area contributed by atoms with Crippen molar-refractivity contribution >= 4 is 52.4 Å². The molecule has 0 aromatic carbocycles. The summed E-state index contributed by atoms with van der Waals surface area (Å²) < 4.78 is 1.92. The molecule has 238 valence electrons. The number of halogens is 1. The highest BCUT2D eigenvalue weighted by Gasteiger charge is 2.44. The molecule has 4 atom stereocenters. The number of nitrogens with one attached hydrogen (secondary N) is 1. The predicted octanol–water partition coefficient (Wildman–Crippen LogP) is 4.54. The Morgan fingerprint density at radius 1 is 1.15 bits per heavy atom. The molecule has 0 unspecified atom stereocenters. The number of aliphatic hydroxyl groups excluding tert-OH is 1. The molecule has 12 nitrogen and oxygen atoms in total. The number of fused-ring (bicyclic) bond motifs is 1. The summed E-state index contributed by atoms with van der Waals surface area (Å²) in [6.45, 7) is 6.17. The van der Waals surface area contributed by atoms with Crippen LogP contribution in [0.4, 0.5) is 22.1 Å². The molecule has 4 aliphatic rings. The molecule has 4 amide bonds. The largest absolute Gasteiger partial charge is 0.391 e. The van der Waals surface area contributed by atoms with E-state index in [-0.39, 0.29) is 42.3 Å². The van der Waals surface area contributed by atoms with Crippen LogP contribution < -0.4 is 15.1 Å². The molecule has 4 fully saturated rings. The Balaban J connectivity index is 1.12. The standard InChI is InChI=1S/C33H35ClN8O4/c1-18(5-4-6-19(2)34)23-11-24(23)32(45)38-28-12-29(36-17-35-28)41-14-22(43)10-26(41)25-15-40-13-21(20-7-8-20)9-27(31(40)37-25)42-16-30(44)39(3)33(42)46/h4-6,9,12-13,15,17,20,22-24,26,43H,1,7-8,10-11,14,16H2,2-3H3,(H,35,36,38,45)/b5-4-,19-6+/t22-,23+,24-,26+/m0/s1. The Bertz CT molecular complexity index is 1830. The summed E-state index contributed by atoms with van der Waals surface area (Å²) in [5.41, 5.74) is 3.84. The molecule has 2 saturated heterocycles. The van der Waals surface area contributed by atoms with E-state index in [1.165, 1.54) is 18.3 Å². The van der Waals surface area contributed by atoms with Gasteiger partial charge < -0.3 is 19.7 Å². The second-order valence-corrected chi connectivity index (χ2v) is 13.2. The van der Waals surface area contributed by atoms with Crippen molar-refractivity contribution in [3.8, 4) is 0 Å². The maximum Gasteiger partial charge on any atom is 0.331 e. The molecule has 2 aliphatic carbocycles. The van der Waals surface area contributed by atoms with Crippen LogP contribution in [0.25, 0.3) is 5.65 Å². The van der Waals surface area contributed by atoms with E-state index in [4.69, 9.17) is 16.6 Å². The van der Waals surface area contributed by atoms with Gasteiger partial charge in [-0.1, -0.05) is 35.9 Å². The monoisotopic (exact) mass is 642 g/mol. The third kappa shape index (κ3) is 5.78. The summed E-state index contributed by atoms with van der Waals surface area (Å²) in [7, 11) is 1.49. The zero-order valence-corrected chi connectivity index (χ0v) is 26.4. The zero-order chi connectivity index (χ0) is 32.3. The summed E-state index contributed by atoms with van der Waals surface area (Å²) in [6, 6.07) is 2.98. The molecule has 3 aromatic heterocycles. The molecule has 0 spiro atoms. The first-order valence-corrected chi connectivity index (χ1v) is 15.8. The number of anilines is 3. The minimum Gasteiger partial charge on any atom is -0.391 e. The Hall–Kier alpha value is -4.55. The Kier molecular flexibility index (Phi) is 7.64. The van der Waals surface area contributed by atoms with Gasteiger partial charge in [-0.3, -0.25) is 19.4 Å². The van der Waals surface area contributed by atoms with Crippen LogP contribution >= 0.6 is 11.6 Å². The van der Waals surface area contributed by atoms with Gasteiger partial charge in [0.25, 0.3) is 0 Å². The van der Waals surface area contributed by atoms with Gasteiger partial charge in [-0.15, -0.1) is 0 Å². The maximum atomic E-state index is 13.0. The summed E-state index contributed by atoms with van der Waals surface area (Å²) in [6.07, 6.45) is 13.5. The van der Waals surface area contributed by atoms with Gasteiger partial charge in [0.1, 0.15) is 24.5 Å². The fraction of sp³-hybridized carbons (Fsp3) is 0.394. The number of likely N-dealkylation sites (N-methyl/N-ethyl adjacent to an activating group) is 1. The third-order valence-electron chi connectivity index (χ3n) is 9.15. The molecule has 2 N–H and O–H groups in total. The number of pyridine rings is 1. The van der Waals surface area contributed by atoms with E-state index in [0.717, 1.165) is 28.9 Å². The average molecular weight is 643 g/mol. The second kappa shape index (κ2) is 11.7. The quantitative estimate of drug-likeness (QED) is 0.256. The zero-order valence-electron chi connectivity index (χ0n) is 25.6. The lowest BCUT2D eigenvalue weighted by atomic mass is 10.1. The number of urea groups is 1. The molecule has 0 bridgehead atoms. The first kappa shape index (κ1) is 30.1. The fourth-order valence-corrected chi connectivity index (χ4v) is 6.44. The van der Waals surface area contributed by atoms with Gasteiger partial charge in [-0.05, 0) is 55.7 Å². The number of hydrogen-bond acceptors (Lipinski definition) is 8. The van der Waals surface area contributed by atoms with Crippen molar-refractivity contribution in [1.29, 1.82) is 0 Å². The lowest BCUT2D eigenvalue weighted by Gasteiger charge is -2.24. The molecular formula is C33H35ClN8O4. The first-order valence-electron chi connectivity index (χ1n) is 15.4. The molecule has 2 saturated carbocycles. The van der Waals surface area contributed by atoms with Gasteiger partial charge in [0.2, 0.25) is 11.8 Å². The molecule has 0 radical (unpaired) electrons. The number of carbonyl (C=O) groups excluding carboxylic acids is 3. The highest BCUT2D eigenvalue weighted by Crippen LogP contribution is 2.45. The van der Waals surface area contributed by atoms with Crippen LogP contribution in [0.15, 0.2) is 66.3 Å². The summed E-state index contributed by atoms with van der Waals surface area (Å²) in [5, 5.41) is 14.4. The average Bonchev–Trinajstić information content (AvgIpc) is 3.93.